The maximum absolute atomic E-state index is 9.71. The Labute approximate surface area is 124 Å². The number of benzene rings is 1. The molecule has 0 radical (unpaired) electrons. The van der Waals surface area contributed by atoms with E-state index in [-0.39, 0.29) is 5.54 Å². The highest BCUT2D eigenvalue weighted by atomic mass is 15.1. The highest BCUT2D eigenvalue weighted by molar-refractivity contribution is 5.75. The summed E-state index contributed by atoms with van der Waals surface area (Å²) in [4.78, 5) is 4.50. The molecule has 0 aliphatic heterocycles. The van der Waals surface area contributed by atoms with Gasteiger partial charge in [0.1, 0.15) is 5.54 Å². The second-order valence-corrected chi connectivity index (χ2v) is 6.50. The van der Waals surface area contributed by atoms with Crippen LogP contribution in [-0.2, 0) is 0 Å². The number of hydrogen-bond acceptors (Lipinski definition) is 3. The average molecular weight is 280 g/mol. The first-order valence-electron chi connectivity index (χ1n) is 7.90. The van der Waals surface area contributed by atoms with Gasteiger partial charge in [-0.25, -0.2) is 4.98 Å². The van der Waals surface area contributed by atoms with Crippen LogP contribution < -0.4 is 5.32 Å². The highest BCUT2D eigenvalue weighted by Gasteiger charge is 2.41. The van der Waals surface area contributed by atoms with Crippen LogP contribution in [0.5, 0.6) is 0 Å². The molecule has 4 rings (SSSR count). The third kappa shape index (κ3) is 2.32. The Morgan fingerprint density at radius 1 is 1.29 bits per heavy atom. The van der Waals surface area contributed by atoms with Crippen molar-refractivity contribution in [3.05, 3.63) is 30.6 Å². The molecule has 0 spiro atoms. The number of nitrogens with one attached hydrogen (secondary N) is 1. The van der Waals surface area contributed by atoms with Crippen molar-refractivity contribution in [1.29, 1.82) is 5.26 Å². The number of rotatable bonds is 3. The Kier molecular flexibility index (Phi) is 2.97. The van der Waals surface area contributed by atoms with Crippen LogP contribution in [0.25, 0.3) is 11.0 Å². The molecule has 2 unspecified atom stereocenters. The van der Waals surface area contributed by atoms with Gasteiger partial charge in [0.2, 0.25) is 0 Å². The Balaban J connectivity index is 1.64. The van der Waals surface area contributed by atoms with Crippen LogP contribution in [0.2, 0.25) is 0 Å². The second kappa shape index (κ2) is 4.85. The Hall–Kier alpha value is -1.86. The molecule has 21 heavy (non-hydrogen) atoms. The van der Waals surface area contributed by atoms with Gasteiger partial charge < -0.3 is 4.57 Å². The lowest BCUT2D eigenvalue weighted by Gasteiger charge is -2.37. The smallest absolute Gasteiger partial charge is 0.108 e. The fourth-order valence-corrected chi connectivity index (χ4v) is 3.64. The van der Waals surface area contributed by atoms with Gasteiger partial charge in [0.15, 0.2) is 0 Å². The summed E-state index contributed by atoms with van der Waals surface area (Å²) in [5, 5.41) is 13.3. The molecule has 1 aromatic carbocycles. The minimum absolute atomic E-state index is 0.338. The zero-order valence-electron chi connectivity index (χ0n) is 12.1. The Morgan fingerprint density at radius 3 is 2.95 bits per heavy atom. The van der Waals surface area contributed by atoms with Crippen LogP contribution in [0.3, 0.4) is 0 Å². The summed E-state index contributed by atoms with van der Waals surface area (Å²) >= 11 is 0. The van der Waals surface area contributed by atoms with E-state index >= 15 is 0 Å². The fourth-order valence-electron chi connectivity index (χ4n) is 3.64. The molecule has 4 heteroatoms. The lowest BCUT2D eigenvalue weighted by atomic mass is 9.79. The maximum Gasteiger partial charge on any atom is 0.108 e. The number of para-hydroxylation sites is 2. The molecule has 2 atom stereocenters. The van der Waals surface area contributed by atoms with Crippen LogP contribution in [0.15, 0.2) is 30.6 Å². The zero-order valence-corrected chi connectivity index (χ0v) is 12.1. The molecule has 2 aliphatic carbocycles. The molecule has 0 bridgehead atoms. The predicted octanol–water partition coefficient (Wildman–Crippen LogP) is 3.17. The van der Waals surface area contributed by atoms with E-state index in [1.54, 1.807) is 0 Å². The molecule has 0 saturated heterocycles. The first kappa shape index (κ1) is 12.8. The van der Waals surface area contributed by atoms with Crippen LogP contribution >= 0.6 is 0 Å². The topological polar surface area (TPSA) is 53.6 Å². The lowest BCUT2D eigenvalue weighted by molar-refractivity contribution is 0.231. The number of aromatic nitrogens is 2. The maximum atomic E-state index is 9.71. The van der Waals surface area contributed by atoms with Crippen molar-refractivity contribution in [1.82, 2.24) is 14.9 Å². The molecule has 0 amide bonds. The van der Waals surface area contributed by atoms with Crippen molar-refractivity contribution in [2.75, 3.05) is 0 Å². The largest absolute Gasteiger partial charge is 0.327 e. The molecule has 1 aromatic heterocycles. The summed E-state index contributed by atoms with van der Waals surface area (Å²) in [5.41, 5.74) is 1.89. The number of hydrogen-bond donors (Lipinski definition) is 1. The van der Waals surface area contributed by atoms with Gasteiger partial charge in [0, 0.05) is 12.1 Å². The first-order valence-corrected chi connectivity index (χ1v) is 7.90. The first-order chi connectivity index (χ1) is 10.3. The standard InChI is InChI=1S/C17H20N4/c18-11-17(20-13-7-8-13)9-3-4-14(10-17)21-12-19-15-5-1-2-6-16(15)21/h1-2,5-6,12-14,20H,3-4,7-10H2. The zero-order chi connectivity index (χ0) is 14.3. The summed E-state index contributed by atoms with van der Waals surface area (Å²) < 4.78 is 2.27. The van der Waals surface area contributed by atoms with E-state index in [9.17, 15) is 5.26 Å². The van der Waals surface area contributed by atoms with Gasteiger partial charge in [-0.05, 0) is 50.7 Å². The van der Waals surface area contributed by atoms with E-state index in [0.29, 0.717) is 12.1 Å². The third-order valence-corrected chi connectivity index (χ3v) is 4.87. The van der Waals surface area contributed by atoms with E-state index in [2.05, 4.69) is 39.1 Å². The van der Waals surface area contributed by atoms with Crippen molar-refractivity contribution < 1.29 is 0 Å². The second-order valence-electron chi connectivity index (χ2n) is 6.50. The molecular weight excluding hydrogens is 260 g/mol. The molecule has 1 heterocycles. The van der Waals surface area contributed by atoms with E-state index in [1.165, 1.54) is 18.4 Å². The van der Waals surface area contributed by atoms with Crippen molar-refractivity contribution in [3.8, 4) is 6.07 Å². The molecule has 2 aliphatic rings. The van der Waals surface area contributed by atoms with E-state index in [1.807, 2.05) is 12.4 Å². The average Bonchev–Trinajstić information content (AvgIpc) is 3.23. The highest BCUT2D eigenvalue weighted by Crippen LogP contribution is 2.38. The van der Waals surface area contributed by atoms with Gasteiger partial charge in [-0.3, -0.25) is 5.32 Å². The quantitative estimate of drug-likeness (QED) is 0.939. The van der Waals surface area contributed by atoms with Crippen molar-refractivity contribution in [3.63, 3.8) is 0 Å². The normalized spacial score (nSPS) is 29.4. The minimum Gasteiger partial charge on any atom is -0.327 e. The van der Waals surface area contributed by atoms with Crippen LogP contribution in [0.1, 0.15) is 44.6 Å². The number of imidazole rings is 1. The van der Waals surface area contributed by atoms with E-state index in [0.717, 1.165) is 31.2 Å². The summed E-state index contributed by atoms with van der Waals surface area (Å²) in [6.07, 6.45) is 8.49. The van der Waals surface area contributed by atoms with Gasteiger partial charge >= 0.3 is 0 Å². The molecule has 108 valence electrons. The monoisotopic (exact) mass is 280 g/mol. The lowest BCUT2D eigenvalue weighted by Crippen LogP contribution is -2.48. The Morgan fingerprint density at radius 2 is 2.14 bits per heavy atom. The molecule has 1 N–H and O–H groups in total. The van der Waals surface area contributed by atoms with E-state index < -0.39 is 0 Å². The third-order valence-electron chi connectivity index (χ3n) is 4.87. The van der Waals surface area contributed by atoms with Crippen molar-refractivity contribution in [2.45, 2.75) is 56.1 Å². The molecular formula is C17H20N4. The van der Waals surface area contributed by atoms with Gasteiger partial charge in [-0.1, -0.05) is 12.1 Å². The SMILES string of the molecule is N#CC1(NC2CC2)CCCC(n2cnc3ccccc32)C1. The fraction of sp³-hybridized carbons (Fsp3) is 0.529. The van der Waals surface area contributed by atoms with Crippen molar-refractivity contribution in [2.24, 2.45) is 0 Å². The summed E-state index contributed by atoms with van der Waals surface area (Å²) in [5.74, 6) is 0. The van der Waals surface area contributed by atoms with Crippen LogP contribution in [0.4, 0.5) is 0 Å². The predicted molar refractivity (Wildman–Crippen MR) is 81.7 cm³/mol. The number of fused-ring (bicyclic) bond motifs is 1. The summed E-state index contributed by atoms with van der Waals surface area (Å²) in [6.45, 7) is 0. The number of nitriles is 1. The molecule has 2 saturated carbocycles. The molecule has 2 aromatic rings. The van der Waals surface area contributed by atoms with Gasteiger partial charge in [0.25, 0.3) is 0 Å². The Bertz CT molecular complexity index is 694. The van der Waals surface area contributed by atoms with Gasteiger partial charge in [0.05, 0.1) is 23.4 Å². The summed E-state index contributed by atoms with van der Waals surface area (Å²) in [7, 11) is 0. The van der Waals surface area contributed by atoms with Crippen LogP contribution in [0, 0.1) is 11.3 Å². The molecule has 2 fully saturated rings. The minimum atomic E-state index is -0.338. The van der Waals surface area contributed by atoms with E-state index in [4.69, 9.17) is 0 Å². The number of nitrogens with zero attached hydrogens (tertiary/aromatic N) is 3. The van der Waals surface area contributed by atoms with Crippen LogP contribution in [-0.4, -0.2) is 21.1 Å². The summed E-state index contributed by atoms with van der Waals surface area (Å²) in [6, 6.07) is 11.8. The van der Waals surface area contributed by atoms with Crippen molar-refractivity contribution >= 4 is 11.0 Å². The van der Waals surface area contributed by atoms with Gasteiger partial charge in [-0.2, -0.15) is 5.26 Å². The molecule has 4 nitrogen and oxygen atoms in total. The van der Waals surface area contributed by atoms with Gasteiger partial charge in [-0.15, -0.1) is 0 Å².